The molecular weight excluding hydrogens is 580 g/mol. The number of hydrogen-bond donors (Lipinski definition) is 2. The van der Waals surface area contributed by atoms with E-state index in [9.17, 15) is 24.3 Å². The zero-order valence-electron chi connectivity index (χ0n) is 17.1. The summed E-state index contributed by atoms with van der Waals surface area (Å²) in [7, 11) is 0. The number of benzene rings is 1. The molecule has 3 aromatic rings. The summed E-state index contributed by atoms with van der Waals surface area (Å²) in [5.74, 6) is -1.58. The summed E-state index contributed by atoms with van der Waals surface area (Å²) in [5.41, 5.74) is 0.626. The largest absolute Gasteiger partial charge is 0.477 e. The Morgan fingerprint density at radius 3 is 2.71 bits per heavy atom. The Bertz CT molecular complexity index is 1420. The minimum Gasteiger partial charge on any atom is -0.477 e. The van der Waals surface area contributed by atoms with Gasteiger partial charge in [0.1, 0.15) is 17.1 Å². The molecule has 5 rings (SSSR count). The zero-order chi connectivity index (χ0) is 24.0. The number of carbonyl (C=O) groups is 3. The second kappa shape index (κ2) is 9.50. The molecule has 1 unspecified atom stereocenters. The summed E-state index contributed by atoms with van der Waals surface area (Å²) in [4.78, 5) is 51.7. The number of nitrogens with zero attached hydrogens (tertiary/aromatic N) is 1. The number of halogens is 1. The molecule has 174 valence electrons. The maximum atomic E-state index is 12.9. The van der Waals surface area contributed by atoms with Crippen molar-refractivity contribution in [3.63, 3.8) is 0 Å². The Labute approximate surface area is 218 Å². The van der Waals surface area contributed by atoms with Crippen molar-refractivity contribution in [3.8, 4) is 0 Å². The monoisotopic (exact) mass is 594 g/mol. The molecule has 2 atom stereocenters. The predicted octanol–water partition coefficient (Wildman–Crippen LogP) is 4.12. The van der Waals surface area contributed by atoms with Crippen molar-refractivity contribution in [1.29, 1.82) is 0 Å². The molecule has 2 aliphatic rings. The Balaban J connectivity index is 1.36. The number of amides is 2. The smallest absolute Gasteiger partial charge is 0.353 e. The van der Waals surface area contributed by atoms with E-state index in [0.717, 1.165) is 14.7 Å². The number of carbonyl (C=O) groups excluding carboxylic acids is 2. The fraction of sp³-hybridized carbons (Fsp3) is 0.182. The molecule has 0 bridgehead atoms. The molecule has 12 heteroatoms. The van der Waals surface area contributed by atoms with E-state index in [1.54, 1.807) is 0 Å². The summed E-state index contributed by atoms with van der Waals surface area (Å²) >= 11 is 8.82. The highest BCUT2D eigenvalue weighted by Crippen LogP contribution is 2.46. The minimum atomic E-state index is -1.21. The fourth-order valence-electron chi connectivity index (χ4n) is 3.74. The number of β-lactam (4-membered cyclic amide) rings is 1. The summed E-state index contributed by atoms with van der Waals surface area (Å²) < 4.78 is 2.96. The number of thiophene rings is 1. The first-order valence-corrected chi connectivity index (χ1v) is 14.3. The average Bonchev–Trinajstić information content (AvgIpc) is 3.19. The Morgan fingerprint density at radius 1 is 1.21 bits per heavy atom. The number of rotatable bonds is 6. The highest BCUT2D eigenvalue weighted by Gasteiger charge is 2.54. The van der Waals surface area contributed by atoms with Crippen molar-refractivity contribution in [3.05, 3.63) is 72.6 Å². The van der Waals surface area contributed by atoms with Gasteiger partial charge in [0.25, 0.3) is 5.91 Å². The van der Waals surface area contributed by atoms with Gasteiger partial charge in [0.2, 0.25) is 5.91 Å². The van der Waals surface area contributed by atoms with E-state index < -0.39 is 23.3 Å². The van der Waals surface area contributed by atoms with Crippen LogP contribution in [0.15, 0.2) is 65.9 Å². The predicted molar refractivity (Wildman–Crippen MR) is 139 cm³/mol. The third-order valence-corrected chi connectivity index (χ3v) is 11.4. The molecule has 0 aliphatic carbocycles. The van der Waals surface area contributed by atoms with Crippen LogP contribution in [0, 0.1) is 0 Å². The van der Waals surface area contributed by atoms with E-state index in [0.29, 0.717) is 19.6 Å². The lowest BCUT2D eigenvalue weighted by molar-refractivity contribution is -0.150. The molecule has 1 fully saturated rings. The standard InChI is InChI=1S/C22H15BrN2O5S4/c23-11-8-31-19-12(26)7-15(34-18(11)19)33-13-9-32-21-16(20(28)25(21)17(13)22(29)30)24-14(27)6-10-4-2-1-3-5-10/h1-5,7-8,16,21H,6,9H2,(H,24,27)(H,29,30)/t16?,21-/m0/s1. The van der Waals surface area contributed by atoms with Crippen molar-refractivity contribution in [2.75, 3.05) is 5.75 Å². The number of nitrogens with one attached hydrogen (secondary N) is 1. The van der Waals surface area contributed by atoms with Crippen LogP contribution < -0.4 is 10.7 Å². The number of carboxylic acids is 1. The fourth-order valence-corrected chi connectivity index (χ4v) is 9.43. The second-order valence-electron chi connectivity index (χ2n) is 7.47. The van der Waals surface area contributed by atoms with Crippen molar-refractivity contribution in [1.82, 2.24) is 10.2 Å². The molecule has 1 saturated heterocycles. The molecule has 2 aliphatic heterocycles. The summed E-state index contributed by atoms with van der Waals surface area (Å²) in [6.45, 7) is 0. The highest BCUT2D eigenvalue weighted by atomic mass is 79.9. The number of thioether (sulfide) groups is 2. The number of hydrogen-bond acceptors (Lipinski definition) is 8. The first kappa shape index (κ1) is 23.6. The number of fused-ring (bicyclic) bond motifs is 2. The summed E-state index contributed by atoms with van der Waals surface area (Å²) in [6, 6.07) is 9.94. The lowest BCUT2D eigenvalue weighted by Gasteiger charge is -2.49. The molecule has 2 aromatic heterocycles. The van der Waals surface area contributed by atoms with Crippen LogP contribution >= 0.6 is 62.1 Å². The van der Waals surface area contributed by atoms with Gasteiger partial charge in [0, 0.05) is 26.6 Å². The van der Waals surface area contributed by atoms with E-state index in [-0.39, 0.29) is 23.5 Å². The van der Waals surface area contributed by atoms with E-state index in [2.05, 4.69) is 21.2 Å². The van der Waals surface area contributed by atoms with Gasteiger partial charge in [0.05, 0.1) is 20.0 Å². The molecule has 0 radical (unpaired) electrons. The van der Waals surface area contributed by atoms with E-state index in [4.69, 9.17) is 0 Å². The maximum Gasteiger partial charge on any atom is 0.353 e. The van der Waals surface area contributed by atoms with Gasteiger partial charge in [-0.3, -0.25) is 19.3 Å². The molecule has 34 heavy (non-hydrogen) atoms. The van der Waals surface area contributed by atoms with E-state index in [1.165, 1.54) is 57.2 Å². The summed E-state index contributed by atoms with van der Waals surface area (Å²) in [5, 5.41) is 14.0. The second-order valence-corrected chi connectivity index (χ2v) is 12.8. The van der Waals surface area contributed by atoms with Crippen LogP contribution in [0.1, 0.15) is 5.56 Å². The van der Waals surface area contributed by atoms with Gasteiger partial charge in [-0.1, -0.05) is 42.1 Å². The van der Waals surface area contributed by atoms with Crippen LogP contribution in [0.25, 0.3) is 9.40 Å². The Morgan fingerprint density at radius 2 is 1.97 bits per heavy atom. The first-order valence-electron chi connectivity index (χ1n) is 9.96. The Kier molecular flexibility index (Phi) is 6.60. The molecule has 2 N–H and O–H groups in total. The van der Waals surface area contributed by atoms with Crippen LogP contribution in [-0.4, -0.2) is 45.0 Å². The van der Waals surface area contributed by atoms with Gasteiger partial charge in [-0.25, -0.2) is 4.79 Å². The van der Waals surface area contributed by atoms with Gasteiger partial charge in [-0.2, -0.15) is 0 Å². The van der Waals surface area contributed by atoms with Crippen molar-refractivity contribution in [2.24, 2.45) is 0 Å². The van der Waals surface area contributed by atoms with Gasteiger partial charge >= 0.3 is 5.97 Å². The van der Waals surface area contributed by atoms with E-state index in [1.807, 2.05) is 35.7 Å². The van der Waals surface area contributed by atoms with Crippen molar-refractivity contribution < 1.29 is 19.5 Å². The van der Waals surface area contributed by atoms with Crippen molar-refractivity contribution >= 4 is 89.3 Å². The highest BCUT2D eigenvalue weighted by molar-refractivity contribution is 9.10. The van der Waals surface area contributed by atoms with Crippen molar-refractivity contribution in [2.45, 2.75) is 22.0 Å². The van der Waals surface area contributed by atoms with Crippen LogP contribution in [0.4, 0.5) is 0 Å². The topological polar surface area (TPSA) is 104 Å². The first-order chi connectivity index (χ1) is 16.3. The molecular formula is C22H15BrN2O5S4. The van der Waals surface area contributed by atoms with Crippen LogP contribution in [0.5, 0.6) is 0 Å². The third kappa shape index (κ3) is 4.33. The Hall–Kier alpha value is -2.12. The molecule has 0 saturated carbocycles. The van der Waals surface area contributed by atoms with Gasteiger partial charge in [-0.15, -0.1) is 34.4 Å². The SMILES string of the molecule is O=C(Cc1ccccc1)NC1C(=O)N2C(C(=O)O)=C(Sc3cc(=O)c4scc(Br)c4s3)CS[C@@H]12. The summed E-state index contributed by atoms with van der Waals surface area (Å²) in [6.07, 6.45) is 0.143. The maximum absolute atomic E-state index is 12.9. The zero-order valence-corrected chi connectivity index (χ0v) is 22.0. The molecule has 0 spiro atoms. The van der Waals surface area contributed by atoms with Crippen LogP contribution in [-0.2, 0) is 20.8 Å². The van der Waals surface area contributed by atoms with Gasteiger partial charge < -0.3 is 10.4 Å². The third-order valence-electron chi connectivity index (χ3n) is 5.26. The normalized spacial score (nSPS) is 19.7. The van der Waals surface area contributed by atoms with Crippen LogP contribution in [0.2, 0.25) is 0 Å². The average molecular weight is 596 g/mol. The van der Waals surface area contributed by atoms with Gasteiger partial charge in [-0.05, 0) is 21.5 Å². The molecule has 4 heterocycles. The van der Waals surface area contributed by atoms with Crippen LogP contribution in [0.3, 0.4) is 0 Å². The quantitative estimate of drug-likeness (QED) is 0.414. The number of aliphatic carboxylic acids is 1. The molecule has 2 amide bonds. The lowest BCUT2D eigenvalue weighted by Crippen LogP contribution is -2.70. The molecule has 7 nitrogen and oxygen atoms in total. The van der Waals surface area contributed by atoms with Gasteiger partial charge in [0.15, 0.2) is 5.43 Å². The molecule has 1 aromatic carbocycles. The lowest BCUT2D eigenvalue weighted by atomic mass is 10.0. The minimum absolute atomic E-state index is 0.0866. The number of carboxylic acid groups (broad SMARTS) is 1. The van der Waals surface area contributed by atoms with E-state index >= 15 is 0 Å².